The van der Waals surface area contributed by atoms with Crippen LogP contribution >= 0.6 is 0 Å². The first kappa shape index (κ1) is 14.6. The maximum atomic E-state index is 11.6. The van der Waals surface area contributed by atoms with E-state index in [0.29, 0.717) is 6.42 Å². The van der Waals surface area contributed by atoms with Crippen LogP contribution in [0.25, 0.3) is 0 Å². The van der Waals surface area contributed by atoms with E-state index in [1.54, 1.807) is 0 Å². The summed E-state index contributed by atoms with van der Waals surface area (Å²) >= 11 is 0. The van der Waals surface area contributed by atoms with Crippen LogP contribution in [0.1, 0.15) is 30.5 Å². The predicted molar refractivity (Wildman–Crippen MR) is 87.7 cm³/mol. The van der Waals surface area contributed by atoms with E-state index < -0.39 is 6.04 Å². The summed E-state index contributed by atoms with van der Waals surface area (Å²) < 4.78 is 0. The number of hydrogen-bond acceptors (Lipinski definition) is 3. The highest BCUT2D eigenvalue weighted by atomic mass is 16.6. The van der Waals surface area contributed by atoms with Gasteiger partial charge in [0.1, 0.15) is 6.04 Å². The van der Waals surface area contributed by atoms with E-state index in [1.165, 1.54) is 5.56 Å². The lowest BCUT2D eigenvalue weighted by molar-refractivity contribution is -0.527. The molecule has 0 aromatic heterocycles. The second-order valence-corrected chi connectivity index (χ2v) is 5.68. The molecule has 0 N–H and O–H groups in total. The van der Waals surface area contributed by atoms with Crippen molar-refractivity contribution in [2.45, 2.75) is 31.8 Å². The van der Waals surface area contributed by atoms with Gasteiger partial charge in [0.15, 0.2) is 0 Å². The summed E-state index contributed by atoms with van der Waals surface area (Å²) in [4.78, 5) is 13.7. The summed E-state index contributed by atoms with van der Waals surface area (Å²) in [5, 5.41) is 11.6. The Balaban J connectivity index is 2.09. The van der Waals surface area contributed by atoms with Crippen molar-refractivity contribution in [2.75, 3.05) is 11.4 Å². The lowest BCUT2D eigenvalue weighted by Gasteiger charge is -2.39. The zero-order chi connectivity index (χ0) is 15.5. The van der Waals surface area contributed by atoms with Gasteiger partial charge in [-0.25, -0.2) is 0 Å². The number of nitrogens with zero attached hydrogens (tertiary/aromatic N) is 2. The lowest BCUT2D eigenvalue weighted by atomic mass is 9.87. The molecule has 0 saturated heterocycles. The molecular weight excluding hydrogens is 276 g/mol. The van der Waals surface area contributed by atoms with Crippen molar-refractivity contribution in [3.05, 3.63) is 75.8 Å². The van der Waals surface area contributed by atoms with Crippen LogP contribution in [-0.2, 0) is 6.42 Å². The minimum Gasteiger partial charge on any atom is -0.358 e. The Morgan fingerprint density at radius 2 is 1.86 bits per heavy atom. The molecular formula is C18H20N2O2. The van der Waals surface area contributed by atoms with Gasteiger partial charge in [-0.2, -0.15) is 0 Å². The Hall–Kier alpha value is -2.36. The van der Waals surface area contributed by atoms with Gasteiger partial charge >= 0.3 is 0 Å². The van der Waals surface area contributed by atoms with E-state index in [1.807, 2.05) is 55.5 Å². The molecule has 2 aromatic rings. The van der Waals surface area contributed by atoms with Gasteiger partial charge in [0.05, 0.1) is 0 Å². The van der Waals surface area contributed by atoms with E-state index in [2.05, 4.69) is 11.0 Å². The molecule has 1 aliphatic rings. The molecule has 0 aliphatic carbocycles. The number of nitro groups is 1. The Morgan fingerprint density at radius 3 is 2.55 bits per heavy atom. The third kappa shape index (κ3) is 2.56. The van der Waals surface area contributed by atoms with Crippen LogP contribution in [0, 0.1) is 10.1 Å². The molecule has 0 amide bonds. The Labute approximate surface area is 130 Å². The van der Waals surface area contributed by atoms with Crippen molar-refractivity contribution >= 4 is 5.69 Å². The molecule has 2 aromatic carbocycles. The minimum absolute atomic E-state index is 0.122. The fourth-order valence-electron chi connectivity index (χ4n) is 3.41. The van der Waals surface area contributed by atoms with Crippen LogP contribution in [0.4, 0.5) is 5.69 Å². The van der Waals surface area contributed by atoms with Crippen LogP contribution < -0.4 is 4.90 Å². The smallest absolute Gasteiger partial charge is 0.237 e. The van der Waals surface area contributed by atoms with Gasteiger partial charge in [0, 0.05) is 23.6 Å². The zero-order valence-electron chi connectivity index (χ0n) is 12.7. The summed E-state index contributed by atoms with van der Waals surface area (Å²) in [6, 6.07) is 17.4. The quantitative estimate of drug-likeness (QED) is 0.636. The summed E-state index contributed by atoms with van der Waals surface area (Å²) in [7, 11) is 0. The number of fused-ring (bicyclic) bond motifs is 1. The Bertz CT molecular complexity index is 657. The van der Waals surface area contributed by atoms with Gasteiger partial charge in [0.2, 0.25) is 6.04 Å². The van der Waals surface area contributed by atoms with Crippen molar-refractivity contribution in [3.63, 3.8) is 0 Å². The summed E-state index contributed by atoms with van der Waals surface area (Å²) in [6.07, 6.45) is 1.45. The zero-order valence-corrected chi connectivity index (χ0v) is 12.7. The predicted octanol–water partition coefficient (Wildman–Crippen LogP) is 3.85. The fourth-order valence-corrected chi connectivity index (χ4v) is 3.41. The third-order valence-corrected chi connectivity index (χ3v) is 4.47. The molecule has 4 heteroatoms. The van der Waals surface area contributed by atoms with E-state index in [0.717, 1.165) is 24.2 Å². The lowest BCUT2D eigenvalue weighted by Crippen LogP contribution is -2.44. The first-order valence-electron chi connectivity index (χ1n) is 7.75. The van der Waals surface area contributed by atoms with E-state index in [9.17, 15) is 10.1 Å². The highest BCUT2D eigenvalue weighted by Gasteiger charge is 2.39. The number of anilines is 1. The van der Waals surface area contributed by atoms with Gasteiger partial charge in [0.25, 0.3) is 0 Å². The first-order valence-corrected chi connectivity index (χ1v) is 7.75. The molecule has 0 radical (unpaired) electrons. The summed E-state index contributed by atoms with van der Waals surface area (Å²) in [5.41, 5.74) is 3.39. The highest BCUT2D eigenvalue weighted by Crippen LogP contribution is 2.37. The minimum atomic E-state index is -0.596. The molecule has 1 unspecified atom stereocenters. The molecule has 1 aliphatic heterocycles. The molecule has 0 fully saturated rings. The molecule has 0 bridgehead atoms. The van der Waals surface area contributed by atoms with Gasteiger partial charge in [-0.1, -0.05) is 49.4 Å². The maximum absolute atomic E-state index is 11.6. The normalized spacial score (nSPS) is 18.6. The van der Waals surface area contributed by atoms with E-state index >= 15 is 0 Å². The number of rotatable bonds is 4. The van der Waals surface area contributed by atoms with Crippen molar-refractivity contribution in [3.8, 4) is 0 Å². The van der Waals surface area contributed by atoms with Gasteiger partial charge in [-0.05, 0) is 29.7 Å². The van der Waals surface area contributed by atoms with Gasteiger partial charge in [-0.3, -0.25) is 10.1 Å². The van der Waals surface area contributed by atoms with Crippen LogP contribution in [0.15, 0.2) is 54.6 Å². The van der Waals surface area contributed by atoms with E-state index in [4.69, 9.17) is 0 Å². The monoisotopic (exact) mass is 296 g/mol. The second kappa shape index (κ2) is 6.18. The summed E-state index contributed by atoms with van der Waals surface area (Å²) in [5.74, 6) is 0. The fraction of sp³-hybridized carbons (Fsp3) is 0.333. The first-order chi connectivity index (χ1) is 10.7. The van der Waals surface area contributed by atoms with Gasteiger partial charge in [-0.15, -0.1) is 0 Å². The van der Waals surface area contributed by atoms with Crippen LogP contribution in [0.2, 0.25) is 0 Å². The van der Waals surface area contributed by atoms with Crippen molar-refractivity contribution < 1.29 is 4.92 Å². The molecule has 114 valence electrons. The van der Waals surface area contributed by atoms with Crippen molar-refractivity contribution in [1.82, 2.24) is 0 Å². The average molecular weight is 296 g/mol. The van der Waals surface area contributed by atoms with Crippen LogP contribution in [0.5, 0.6) is 0 Å². The average Bonchev–Trinajstić information content (AvgIpc) is 2.56. The number of hydrogen-bond donors (Lipinski definition) is 0. The summed E-state index contributed by atoms with van der Waals surface area (Å²) in [6.45, 7) is 2.71. The van der Waals surface area contributed by atoms with Crippen molar-refractivity contribution in [1.29, 1.82) is 0 Å². The Kier molecular flexibility index (Phi) is 4.09. The standard InChI is InChI=1S/C18H20N2O2/c1-2-17(20(21)22)18-16-11-7-6-8-14(16)12-13-19(18)15-9-4-3-5-10-15/h3-11,17-18H,2,12-13H2,1H3/t17?,18-/m1/s1. The van der Waals surface area contributed by atoms with Crippen LogP contribution in [-0.4, -0.2) is 17.5 Å². The Morgan fingerprint density at radius 1 is 1.18 bits per heavy atom. The molecule has 0 saturated carbocycles. The van der Waals surface area contributed by atoms with Crippen molar-refractivity contribution in [2.24, 2.45) is 0 Å². The third-order valence-electron chi connectivity index (χ3n) is 4.47. The maximum Gasteiger partial charge on any atom is 0.237 e. The SMILES string of the molecule is CCC([C@H]1c2ccccc2CCN1c1ccccc1)[N+](=O)[O-]. The molecule has 2 atom stereocenters. The molecule has 0 spiro atoms. The van der Waals surface area contributed by atoms with Gasteiger partial charge < -0.3 is 4.90 Å². The second-order valence-electron chi connectivity index (χ2n) is 5.68. The number of para-hydroxylation sites is 1. The largest absolute Gasteiger partial charge is 0.358 e. The topological polar surface area (TPSA) is 46.4 Å². The molecule has 22 heavy (non-hydrogen) atoms. The van der Waals surface area contributed by atoms with E-state index in [-0.39, 0.29) is 11.0 Å². The molecule has 4 nitrogen and oxygen atoms in total. The number of benzene rings is 2. The highest BCUT2D eigenvalue weighted by molar-refractivity contribution is 5.52. The molecule has 1 heterocycles. The van der Waals surface area contributed by atoms with Crippen LogP contribution in [0.3, 0.4) is 0 Å². The molecule has 3 rings (SSSR count).